The van der Waals surface area contributed by atoms with Gasteiger partial charge in [0, 0.05) is 44.0 Å². The molecule has 3 aromatic rings. The molecule has 0 atom stereocenters. The van der Waals surface area contributed by atoms with Gasteiger partial charge in [-0.2, -0.15) is 0 Å². The van der Waals surface area contributed by atoms with Gasteiger partial charge in [0.2, 0.25) is 5.95 Å². The molecule has 0 radical (unpaired) electrons. The van der Waals surface area contributed by atoms with Gasteiger partial charge in [-0.05, 0) is 24.3 Å². The van der Waals surface area contributed by atoms with E-state index in [2.05, 4.69) is 15.0 Å². The summed E-state index contributed by atoms with van der Waals surface area (Å²) in [7, 11) is 2.92. The number of methoxy groups -OCH3 is 1. The number of anilines is 1. The Labute approximate surface area is 182 Å². The minimum absolute atomic E-state index is 0.0122. The summed E-state index contributed by atoms with van der Waals surface area (Å²) in [5.41, 5.74) is 4.67. The minimum atomic E-state index is -1.10. The fourth-order valence-corrected chi connectivity index (χ4v) is 4.08. The Morgan fingerprint density at radius 1 is 1.16 bits per heavy atom. The zero-order chi connectivity index (χ0) is 23.0. The second-order valence-electron chi connectivity index (χ2n) is 7.57. The predicted molar refractivity (Wildman–Crippen MR) is 111 cm³/mol. The summed E-state index contributed by atoms with van der Waals surface area (Å²) in [6.45, 7) is 0. The monoisotopic (exact) mass is 443 g/mol. The van der Waals surface area contributed by atoms with Crippen LogP contribution < -0.4 is 15.4 Å². The molecule has 0 unspecified atom stereocenters. The molecule has 2 N–H and O–H groups in total. The van der Waals surface area contributed by atoms with E-state index in [1.54, 1.807) is 11.9 Å². The Morgan fingerprint density at radius 3 is 2.41 bits per heavy atom. The maximum absolute atomic E-state index is 14.6. The van der Waals surface area contributed by atoms with Gasteiger partial charge in [0.05, 0.1) is 23.8 Å². The standard InChI is InChI=1S/C22H20F3N5O2/c1-30(22(8-13(23)9-22)19-16(25)4-3-7-27-19)21-28-10-12(11-29-21)17-15(24)6-5-14(20(26)31)18(17)32-2/h3-7,10-11,13H,8-9H2,1-2H3,(H2,26,31). The van der Waals surface area contributed by atoms with Crippen LogP contribution in [0.4, 0.5) is 19.1 Å². The third-order valence-corrected chi connectivity index (χ3v) is 5.76. The number of carbonyl (C=O) groups is 1. The number of hydrogen-bond acceptors (Lipinski definition) is 6. The second kappa shape index (κ2) is 8.10. The smallest absolute Gasteiger partial charge is 0.252 e. The van der Waals surface area contributed by atoms with Crippen molar-refractivity contribution in [1.82, 2.24) is 15.0 Å². The molecule has 0 bridgehead atoms. The van der Waals surface area contributed by atoms with Crippen molar-refractivity contribution in [2.75, 3.05) is 19.1 Å². The van der Waals surface area contributed by atoms with Crippen LogP contribution in [0.2, 0.25) is 0 Å². The first-order valence-electron chi connectivity index (χ1n) is 9.76. The van der Waals surface area contributed by atoms with Crippen LogP contribution in [-0.2, 0) is 5.54 Å². The van der Waals surface area contributed by atoms with Gasteiger partial charge in [0.15, 0.2) is 0 Å². The van der Waals surface area contributed by atoms with E-state index in [0.717, 1.165) is 6.07 Å². The molecule has 1 amide bonds. The molecule has 1 fully saturated rings. The number of alkyl halides is 1. The molecule has 4 rings (SSSR count). The zero-order valence-corrected chi connectivity index (χ0v) is 17.3. The molecule has 0 spiro atoms. The number of amides is 1. The molecule has 0 aliphatic heterocycles. The van der Waals surface area contributed by atoms with Gasteiger partial charge in [0.25, 0.3) is 5.91 Å². The second-order valence-corrected chi connectivity index (χ2v) is 7.57. The molecule has 1 aliphatic carbocycles. The van der Waals surface area contributed by atoms with Crippen molar-refractivity contribution in [1.29, 1.82) is 0 Å². The lowest BCUT2D eigenvalue weighted by molar-refractivity contribution is 0.0860. The predicted octanol–water partition coefficient (Wildman–Crippen LogP) is 3.39. The van der Waals surface area contributed by atoms with Crippen LogP contribution in [0, 0.1) is 11.6 Å². The number of ether oxygens (including phenoxy) is 1. The fraction of sp³-hybridized carbons (Fsp3) is 0.273. The third kappa shape index (κ3) is 3.41. The lowest BCUT2D eigenvalue weighted by atomic mass is 9.71. The van der Waals surface area contributed by atoms with Gasteiger partial charge >= 0.3 is 0 Å². The van der Waals surface area contributed by atoms with Crippen molar-refractivity contribution in [3.05, 3.63) is 65.7 Å². The number of carbonyl (C=O) groups excluding carboxylic acids is 1. The van der Waals surface area contributed by atoms with Crippen LogP contribution in [0.25, 0.3) is 11.1 Å². The maximum Gasteiger partial charge on any atom is 0.252 e. The molecule has 7 nitrogen and oxygen atoms in total. The van der Waals surface area contributed by atoms with Crippen LogP contribution in [-0.4, -0.2) is 41.2 Å². The highest BCUT2D eigenvalue weighted by Crippen LogP contribution is 2.48. The molecule has 166 valence electrons. The number of benzene rings is 1. The number of nitrogens with zero attached hydrogens (tertiary/aromatic N) is 4. The van der Waals surface area contributed by atoms with E-state index in [4.69, 9.17) is 10.5 Å². The fourth-order valence-electron chi connectivity index (χ4n) is 4.08. The Balaban J connectivity index is 1.73. The maximum atomic E-state index is 14.6. The summed E-state index contributed by atoms with van der Waals surface area (Å²) >= 11 is 0. The van der Waals surface area contributed by atoms with E-state index in [0.29, 0.717) is 0 Å². The van der Waals surface area contributed by atoms with Gasteiger partial charge in [0.1, 0.15) is 29.2 Å². The molecule has 1 saturated carbocycles. The van der Waals surface area contributed by atoms with Gasteiger partial charge < -0.3 is 15.4 Å². The molecular weight excluding hydrogens is 423 g/mol. The van der Waals surface area contributed by atoms with E-state index in [1.165, 1.54) is 43.9 Å². The minimum Gasteiger partial charge on any atom is -0.495 e. The topological polar surface area (TPSA) is 94.2 Å². The zero-order valence-electron chi connectivity index (χ0n) is 17.3. The van der Waals surface area contributed by atoms with Gasteiger partial charge in [-0.1, -0.05) is 0 Å². The Bertz CT molecular complexity index is 1170. The summed E-state index contributed by atoms with van der Waals surface area (Å²) < 4.78 is 48.2. The van der Waals surface area contributed by atoms with Crippen molar-refractivity contribution >= 4 is 11.9 Å². The highest BCUT2D eigenvalue weighted by Gasteiger charge is 2.52. The van der Waals surface area contributed by atoms with E-state index < -0.39 is 29.3 Å². The lowest BCUT2D eigenvalue weighted by Crippen LogP contribution is -2.56. The van der Waals surface area contributed by atoms with Crippen LogP contribution >= 0.6 is 0 Å². The van der Waals surface area contributed by atoms with Crippen molar-refractivity contribution in [2.24, 2.45) is 5.73 Å². The molecule has 2 aromatic heterocycles. The number of rotatable bonds is 6. The first-order chi connectivity index (χ1) is 15.3. The molecule has 1 aliphatic rings. The number of aromatic nitrogens is 3. The van der Waals surface area contributed by atoms with Crippen molar-refractivity contribution < 1.29 is 22.7 Å². The molecule has 2 heterocycles. The van der Waals surface area contributed by atoms with E-state index in [1.807, 2.05) is 0 Å². The average molecular weight is 443 g/mol. The highest BCUT2D eigenvalue weighted by atomic mass is 19.1. The van der Waals surface area contributed by atoms with Crippen LogP contribution in [0.15, 0.2) is 42.9 Å². The molecule has 10 heteroatoms. The average Bonchev–Trinajstić information content (AvgIpc) is 2.76. The van der Waals surface area contributed by atoms with Crippen LogP contribution in [0.3, 0.4) is 0 Å². The number of primary amides is 1. The van der Waals surface area contributed by atoms with Crippen LogP contribution in [0.5, 0.6) is 5.75 Å². The first-order valence-corrected chi connectivity index (χ1v) is 9.76. The normalized spacial score (nSPS) is 19.8. The number of halogens is 3. The van der Waals surface area contributed by atoms with Gasteiger partial charge in [-0.15, -0.1) is 0 Å². The first kappa shape index (κ1) is 21.5. The summed E-state index contributed by atoms with van der Waals surface area (Å²) in [5.74, 6) is -1.82. The molecular formula is C22H20F3N5O2. The summed E-state index contributed by atoms with van der Waals surface area (Å²) in [6, 6.07) is 5.07. The summed E-state index contributed by atoms with van der Waals surface area (Å²) in [5, 5.41) is 0. The SMILES string of the molecule is COc1c(C(N)=O)ccc(F)c1-c1cnc(N(C)C2(c3ncccc3F)CC(F)C2)nc1. The van der Waals surface area contributed by atoms with Crippen molar-refractivity contribution in [3.63, 3.8) is 0 Å². The summed E-state index contributed by atoms with van der Waals surface area (Å²) in [6.07, 6.45) is 3.10. The van der Waals surface area contributed by atoms with Crippen molar-refractivity contribution in [2.45, 2.75) is 24.6 Å². The Morgan fingerprint density at radius 2 is 1.84 bits per heavy atom. The highest BCUT2D eigenvalue weighted by molar-refractivity contribution is 5.98. The number of hydrogen-bond donors (Lipinski definition) is 1. The number of nitrogens with two attached hydrogens (primary N) is 1. The van der Waals surface area contributed by atoms with E-state index in [9.17, 15) is 18.0 Å². The van der Waals surface area contributed by atoms with E-state index in [-0.39, 0.29) is 46.9 Å². The molecule has 0 saturated heterocycles. The lowest BCUT2D eigenvalue weighted by Gasteiger charge is -2.49. The van der Waals surface area contributed by atoms with Crippen LogP contribution in [0.1, 0.15) is 28.9 Å². The van der Waals surface area contributed by atoms with E-state index >= 15 is 0 Å². The summed E-state index contributed by atoms with van der Waals surface area (Å²) in [4.78, 5) is 25.9. The molecule has 32 heavy (non-hydrogen) atoms. The van der Waals surface area contributed by atoms with Gasteiger partial charge in [-0.25, -0.2) is 23.1 Å². The number of pyridine rings is 1. The van der Waals surface area contributed by atoms with Crippen molar-refractivity contribution in [3.8, 4) is 16.9 Å². The Kier molecular flexibility index (Phi) is 5.45. The quantitative estimate of drug-likeness (QED) is 0.628. The third-order valence-electron chi connectivity index (χ3n) is 5.76. The molecule has 1 aromatic carbocycles. The van der Waals surface area contributed by atoms with Gasteiger partial charge in [-0.3, -0.25) is 9.78 Å². The Hall–Kier alpha value is -3.69. The largest absolute Gasteiger partial charge is 0.495 e.